The second-order valence-electron chi connectivity index (χ2n) is 6.18. The summed E-state index contributed by atoms with van der Waals surface area (Å²) in [5, 5.41) is 2.31. The zero-order valence-corrected chi connectivity index (χ0v) is 14.1. The van der Waals surface area contributed by atoms with Crippen molar-refractivity contribution in [1.82, 2.24) is 10.2 Å². The molecule has 2 fully saturated rings. The molecule has 2 aliphatic heterocycles. The van der Waals surface area contributed by atoms with E-state index in [1.807, 2.05) is 0 Å². The third-order valence-corrected chi connectivity index (χ3v) is 5.81. The van der Waals surface area contributed by atoms with Gasteiger partial charge in [-0.1, -0.05) is 6.07 Å². The van der Waals surface area contributed by atoms with Gasteiger partial charge in [-0.3, -0.25) is 9.59 Å². The SMILES string of the molecule is COc1cc(C2(F)CN(C(=O)C3CS(=O)(=O)CC(=O)N3)C2)ccc1F. The van der Waals surface area contributed by atoms with E-state index in [4.69, 9.17) is 4.74 Å². The van der Waals surface area contributed by atoms with Gasteiger partial charge in [-0.25, -0.2) is 17.2 Å². The van der Waals surface area contributed by atoms with Crippen molar-refractivity contribution in [3.05, 3.63) is 29.6 Å². The molecule has 2 aliphatic rings. The molecule has 136 valence electrons. The molecule has 0 aromatic heterocycles. The molecule has 3 rings (SSSR count). The molecule has 2 heterocycles. The van der Waals surface area contributed by atoms with Crippen LogP contribution in [0.4, 0.5) is 8.78 Å². The lowest BCUT2D eigenvalue weighted by Gasteiger charge is -2.46. The summed E-state index contributed by atoms with van der Waals surface area (Å²) in [5.41, 5.74) is -1.72. The molecule has 0 bridgehead atoms. The summed E-state index contributed by atoms with van der Waals surface area (Å²) in [7, 11) is -2.39. The van der Waals surface area contributed by atoms with Gasteiger partial charge in [0.1, 0.15) is 11.8 Å². The lowest BCUT2D eigenvalue weighted by Crippen LogP contribution is -2.65. The number of halogens is 2. The summed E-state index contributed by atoms with van der Waals surface area (Å²) in [6.07, 6.45) is 0. The zero-order valence-electron chi connectivity index (χ0n) is 13.3. The quantitative estimate of drug-likeness (QED) is 0.788. The molecule has 1 aromatic rings. The normalized spacial score (nSPS) is 24.2. The number of carbonyl (C=O) groups excluding carboxylic acids is 2. The highest BCUT2D eigenvalue weighted by Crippen LogP contribution is 2.38. The maximum Gasteiger partial charge on any atom is 0.246 e. The van der Waals surface area contributed by atoms with Crippen LogP contribution in [0, 0.1) is 5.82 Å². The second kappa shape index (κ2) is 5.94. The van der Waals surface area contributed by atoms with Crippen molar-refractivity contribution < 1.29 is 31.5 Å². The van der Waals surface area contributed by atoms with Gasteiger partial charge in [-0.15, -0.1) is 0 Å². The molecule has 1 atom stereocenters. The fraction of sp³-hybridized carbons (Fsp3) is 0.467. The maximum atomic E-state index is 14.9. The first-order valence-electron chi connectivity index (χ1n) is 7.45. The first kappa shape index (κ1) is 17.6. The van der Waals surface area contributed by atoms with Crippen LogP contribution in [-0.4, -0.2) is 62.9 Å². The minimum Gasteiger partial charge on any atom is -0.494 e. The van der Waals surface area contributed by atoms with Crippen molar-refractivity contribution >= 4 is 21.7 Å². The number of rotatable bonds is 3. The summed E-state index contributed by atoms with van der Waals surface area (Å²) < 4.78 is 56.4. The van der Waals surface area contributed by atoms with Crippen LogP contribution >= 0.6 is 0 Å². The highest BCUT2D eigenvalue weighted by molar-refractivity contribution is 7.92. The predicted molar refractivity (Wildman–Crippen MR) is 82.9 cm³/mol. The minimum atomic E-state index is -3.65. The van der Waals surface area contributed by atoms with E-state index >= 15 is 0 Å². The van der Waals surface area contributed by atoms with E-state index in [2.05, 4.69) is 5.32 Å². The lowest BCUT2D eigenvalue weighted by atomic mass is 9.87. The number of carbonyl (C=O) groups is 2. The Morgan fingerprint density at radius 1 is 1.40 bits per heavy atom. The molecule has 1 N–H and O–H groups in total. The molecule has 0 aliphatic carbocycles. The van der Waals surface area contributed by atoms with Crippen molar-refractivity contribution in [2.75, 3.05) is 31.7 Å². The number of alkyl halides is 1. The Morgan fingerprint density at radius 2 is 2.08 bits per heavy atom. The Hall–Kier alpha value is -2.23. The number of nitrogens with zero attached hydrogens (tertiary/aromatic N) is 1. The molecular formula is C15H16F2N2O5S. The van der Waals surface area contributed by atoms with Crippen molar-refractivity contribution in [3.63, 3.8) is 0 Å². The Kier molecular flexibility index (Phi) is 4.18. The zero-order chi connectivity index (χ0) is 18.4. The van der Waals surface area contributed by atoms with Crippen LogP contribution in [-0.2, 0) is 25.1 Å². The first-order valence-corrected chi connectivity index (χ1v) is 9.27. The second-order valence-corrected chi connectivity index (χ2v) is 8.29. The third kappa shape index (κ3) is 3.30. The largest absolute Gasteiger partial charge is 0.494 e. The maximum absolute atomic E-state index is 14.9. The van der Waals surface area contributed by atoms with E-state index in [-0.39, 0.29) is 24.4 Å². The van der Waals surface area contributed by atoms with Gasteiger partial charge in [0.2, 0.25) is 11.8 Å². The van der Waals surface area contributed by atoms with Crippen LogP contribution in [0.15, 0.2) is 18.2 Å². The standard InChI is InChI=1S/C15H16F2N2O5S/c1-24-12-4-9(2-3-10(12)16)15(17)7-19(8-15)14(21)11-5-25(22,23)6-13(20)18-11/h2-4,11H,5-8H2,1H3,(H,18,20). The molecule has 2 amide bonds. The molecule has 25 heavy (non-hydrogen) atoms. The molecule has 0 radical (unpaired) electrons. The van der Waals surface area contributed by atoms with E-state index < -0.39 is 50.7 Å². The van der Waals surface area contributed by atoms with Gasteiger partial charge in [0.25, 0.3) is 0 Å². The highest BCUT2D eigenvalue weighted by Gasteiger charge is 2.50. The highest BCUT2D eigenvalue weighted by atomic mass is 32.2. The van der Waals surface area contributed by atoms with Gasteiger partial charge in [0, 0.05) is 0 Å². The van der Waals surface area contributed by atoms with E-state index in [0.29, 0.717) is 0 Å². The van der Waals surface area contributed by atoms with E-state index in [1.165, 1.54) is 19.2 Å². The van der Waals surface area contributed by atoms with E-state index in [1.54, 1.807) is 0 Å². The summed E-state index contributed by atoms with van der Waals surface area (Å²) in [4.78, 5) is 24.8. The van der Waals surface area contributed by atoms with Crippen molar-refractivity contribution in [2.24, 2.45) is 0 Å². The molecular weight excluding hydrogens is 358 g/mol. The fourth-order valence-electron chi connectivity index (χ4n) is 2.98. The Morgan fingerprint density at radius 3 is 2.68 bits per heavy atom. The van der Waals surface area contributed by atoms with E-state index in [9.17, 15) is 26.8 Å². The minimum absolute atomic E-state index is 0.107. The van der Waals surface area contributed by atoms with E-state index in [0.717, 1.165) is 11.0 Å². The van der Waals surface area contributed by atoms with Crippen LogP contribution in [0.2, 0.25) is 0 Å². The fourth-order valence-corrected chi connectivity index (χ4v) is 4.31. The molecule has 10 heteroatoms. The van der Waals surface area contributed by atoms with Gasteiger partial charge in [0.15, 0.2) is 27.1 Å². The van der Waals surface area contributed by atoms with Crippen LogP contribution in [0.25, 0.3) is 0 Å². The van der Waals surface area contributed by atoms with Gasteiger partial charge in [-0.2, -0.15) is 0 Å². The average Bonchev–Trinajstić information content (AvgIpc) is 2.49. The lowest BCUT2D eigenvalue weighted by molar-refractivity contribution is -0.149. The number of likely N-dealkylation sites (tertiary alicyclic amines) is 1. The number of amides is 2. The third-order valence-electron chi connectivity index (χ3n) is 4.27. The Labute approximate surface area is 142 Å². The van der Waals surface area contributed by atoms with Gasteiger partial charge < -0.3 is 15.0 Å². The topological polar surface area (TPSA) is 92.8 Å². The monoisotopic (exact) mass is 374 g/mol. The molecule has 0 saturated carbocycles. The summed E-state index contributed by atoms with van der Waals surface area (Å²) in [6, 6.07) is 2.36. The first-order chi connectivity index (χ1) is 11.6. The number of hydrogen-bond acceptors (Lipinski definition) is 5. The summed E-state index contributed by atoms with van der Waals surface area (Å²) in [5.74, 6) is -3.29. The molecule has 7 nitrogen and oxygen atoms in total. The van der Waals surface area contributed by atoms with Crippen molar-refractivity contribution in [3.8, 4) is 5.75 Å². The number of benzene rings is 1. The van der Waals surface area contributed by atoms with Crippen LogP contribution < -0.4 is 10.1 Å². The molecule has 2 saturated heterocycles. The number of nitrogens with one attached hydrogen (secondary N) is 1. The predicted octanol–water partition coefficient (Wildman–Crippen LogP) is -0.245. The van der Waals surface area contributed by atoms with Gasteiger partial charge >= 0.3 is 0 Å². The van der Waals surface area contributed by atoms with Gasteiger partial charge in [0.05, 0.1) is 26.0 Å². The van der Waals surface area contributed by atoms with Crippen LogP contribution in [0.5, 0.6) is 5.75 Å². The van der Waals surface area contributed by atoms with Crippen LogP contribution in [0.1, 0.15) is 5.56 Å². The molecule has 1 unspecified atom stereocenters. The Balaban J connectivity index is 1.71. The number of sulfone groups is 1. The van der Waals surface area contributed by atoms with Gasteiger partial charge in [-0.05, 0) is 17.7 Å². The number of methoxy groups -OCH3 is 1. The molecule has 1 aromatic carbocycles. The Bertz CT molecular complexity index is 836. The van der Waals surface area contributed by atoms with Crippen LogP contribution in [0.3, 0.4) is 0 Å². The average molecular weight is 374 g/mol. The van der Waals surface area contributed by atoms with Crippen molar-refractivity contribution in [2.45, 2.75) is 11.7 Å². The number of ether oxygens (including phenoxy) is 1. The van der Waals surface area contributed by atoms with Crippen molar-refractivity contribution in [1.29, 1.82) is 0 Å². The summed E-state index contributed by atoms with van der Waals surface area (Å²) in [6.45, 7) is -0.625. The number of hydrogen-bond donors (Lipinski definition) is 1. The smallest absolute Gasteiger partial charge is 0.246 e. The summed E-state index contributed by atoms with van der Waals surface area (Å²) >= 11 is 0. The molecule has 0 spiro atoms.